The van der Waals surface area contributed by atoms with Crippen molar-refractivity contribution in [3.63, 3.8) is 0 Å². The fourth-order valence-electron chi connectivity index (χ4n) is 1.50. The number of nitrogens with one attached hydrogen (secondary N) is 1. The smallest absolute Gasteiger partial charge is 0.238 e. The van der Waals surface area contributed by atoms with Gasteiger partial charge in [-0.05, 0) is 41.1 Å². The molecule has 6 nitrogen and oxygen atoms in total. The van der Waals surface area contributed by atoms with Gasteiger partial charge in [0.15, 0.2) is 0 Å². The fraction of sp³-hybridized carbons (Fsp3) is 0.182. The van der Waals surface area contributed by atoms with E-state index in [4.69, 9.17) is 10.3 Å². The number of hydrogen-bond donors (Lipinski definition) is 2. The molecule has 0 unspecified atom stereocenters. The highest BCUT2D eigenvalue weighted by molar-refractivity contribution is 9.10. The lowest BCUT2D eigenvalue weighted by atomic mass is 10.3. The Balaban J connectivity index is 2.14. The molecule has 0 fully saturated rings. The number of sulfonamides is 1. The molecule has 0 aliphatic carbocycles. The number of rotatable bonds is 4. The molecule has 1 aromatic heterocycles. The van der Waals surface area contributed by atoms with Crippen LogP contribution in [-0.4, -0.2) is 13.6 Å². The summed E-state index contributed by atoms with van der Waals surface area (Å²) in [6, 6.07) is 6.41. The van der Waals surface area contributed by atoms with E-state index < -0.39 is 10.0 Å². The summed E-state index contributed by atoms with van der Waals surface area (Å²) >= 11 is 3.24. The highest BCUT2D eigenvalue weighted by atomic mass is 79.9. The molecule has 1 heterocycles. The maximum absolute atomic E-state index is 11.9. The van der Waals surface area contributed by atoms with Crippen molar-refractivity contribution in [2.24, 2.45) is 0 Å². The van der Waals surface area contributed by atoms with Crippen LogP contribution in [0.15, 0.2) is 33.3 Å². The molecule has 0 aliphatic heterocycles. The van der Waals surface area contributed by atoms with Gasteiger partial charge in [0.25, 0.3) is 0 Å². The molecule has 0 bridgehead atoms. The van der Waals surface area contributed by atoms with Crippen molar-refractivity contribution in [3.8, 4) is 0 Å². The third-order valence-corrected chi connectivity index (χ3v) is 4.23. The molecule has 0 atom stereocenters. The number of nitrogens with zero attached hydrogens (tertiary/aromatic N) is 1. The molecule has 0 radical (unpaired) electrons. The third kappa shape index (κ3) is 3.71. The number of anilines is 2. The van der Waals surface area contributed by atoms with Crippen LogP contribution in [0, 0.1) is 6.92 Å². The first-order valence-corrected chi connectivity index (χ1v) is 7.78. The van der Waals surface area contributed by atoms with E-state index in [1.54, 1.807) is 25.1 Å². The first kappa shape index (κ1) is 13.9. The number of hydrogen-bond acceptors (Lipinski definition) is 5. The van der Waals surface area contributed by atoms with E-state index in [2.05, 4.69) is 25.8 Å². The first-order chi connectivity index (χ1) is 8.85. The summed E-state index contributed by atoms with van der Waals surface area (Å²) in [5, 5.41) is 3.65. The van der Waals surface area contributed by atoms with Gasteiger partial charge in [-0.25, -0.2) is 8.42 Å². The monoisotopic (exact) mass is 345 g/mol. The number of benzene rings is 1. The Labute approximate surface area is 119 Å². The second-order valence-corrected chi connectivity index (χ2v) is 6.60. The Morgan fingerprint density at radius 2 is 2.16 bits per heavy atom. The first-order valence-electron chi connectivity index (χ1n) is 5.33. The summed E-state index contributed by atoms with van der Waals surface area (Å²) < 4.78 is 31.8. The molecule has 2 aromatic rings. The summed E-state index contributed by atoms with van der Waals surface area (Å²) in [4.78, 5) is 0. The van der Waals surface area contributed by atoms with Crippen molar-refractivity contribution in [1.82, 2.24) is 5.16 Å². The Morgan fingerprint density at radius 3 is 2.74 bits per heavy atom. The molecule has 8 heteroatoms. The van der Waals surface area contributed by atoms with E-state index in [1.165, 1.54) is 6.07 Å². The maximum Gasteiger partial charge on any atom is 0.238 e. The molecule has 19 heavy (non-hydrogen) atoms. The van der Waals surface area contributed by atoms with Crippen molar-refractivity contribution in [2.45, 2.75) is 12.7 Å². The Bertz CT molecular complexity index is 697. The Morgan fingerprint density at radius 1 is 1.42 bits per heavy atom. The number of aromatic nitrogens is 1. The quantitative estimate of drug-likeness (QED) is 0.828. The lowest BCUT2D eigenvalue weighted by Crippen LogP contribution is -2.15. The Hall–Kier alpha value is -1.54. The van der Waals surface area contributed by atoms with Crippen LogP contribution in [0.5, 0.6) is 0 Å². The average Bonchev–Trinajstić information content (AvgIpc) is 2.68. The van der Waals surface area contributed by atoms with Gasteiger partial charge >= 0.3 is 0 Å². The molecule has 3 N–H and O–H groups in total. The zero-order valence-electron chi connectivity index (χ0n) is 10.1. The van der Waals surface area contributed by atoms with Crippen LogP contribution in [0.4, 0.5) is 11.4 Å². The van der Waals surface area contributed by atoms with E-state index in [0.29, 0.717) is 27.3 Å². The van der Waals surface area contributed by atoms with Crippen molar-refractivity contribution in [1.29, 1.82) is 0 Å². The molecule has 0 aliphatic rings. The predicted molar refractivity (Wildman–Crippen MR) is 76.0 cm³/mol. The minimum atomic E-state index is -3.55. The van der Waals surface area contributed by atoms with Crippen LogP contribution >= 0.6 is 15.9 Å². The van der Waals surface area contributed by atoms with Gasteiger partial charge in [0, 0.05) is 16.2 Å². The van der Waals surface area contributed by atoms with Gasteiger partial charge in [-0.2, -0.15) is 0 Å². The van der Waals surface area contributed by atoms with E-state index in [-0.39, 0.29) is 5.75 Å². The lowest BCUT2D eigenvalue weighted by Gasteiger charge is -2.08. The molecular formula is C11H12BrN3O3S. The number of nitrogen functional groups attached to an aromatic ring is 1. The van der Waals surface area contributed by atoms with E-state index in [9.17, 15) is 8.42 Å². The van der Waals surface area contributed by atoms with Gasteiger partial charge in [0.2, 0.25) is 10.0 Å². The topological polar surface area (TPSA) is 98.2 Å². The van der Waals surface area contributed by atoms with Crippen LogP contribution in [0.1, 0.15) is 11.5 Å². The van der Waals surface area contributed by atoms with Crippen molar-refractivity contribution in [3.05, 3.63) is 40.2 Å². The normalized spacial score (nSPS) is 11.5. The fourth-order valence-corrected chi connectivity index (χ4v) is 2.83. The molecule has 0 amide bonds. The van der Waals surface area contributed by atoms with Crippen LogP contribution < -0.4 is 10.5 Å². The standard InChI is InChI=1S/C11H12BrN3O3S/c1-7-4-9(14-18-7)6-19(16,17)15-8-2-3-10(12)11(13)5-8/h2-5,15H,6,13H2,1H3. The van der Waals surface area contributed by atoms with Gasteiger partial charge in [-0.15, -0.1) is 0 Å². The molecule has 1 aromatic carbocycles. The van der Waals surface area contributed by atoms with Crippen molar-refractivity contribution < 1.29 is 12.9 Å². The molecule has 2 rings (SSSR count). The van der Waals surface area contributed by atoms with Gasteiger partial charge in [-0.1, -0.05) is 5.16 Å². The predicted octanol–water partition coefficient (Wildman–Crippen LogP) is 2.27. The molecule has 0 spiro atoms. The average molecular weight is 346 g/mol. The van der Waals surface area contributed by atoms with Crippen LogP contribution in [-0.2, 0) is 15.8 Å². The number of nitrogens with two attached hydrogens (primary N) is 1. The lowest BCUT2D eigenvalue weighted by molar-refractivity contribution is 0.392. The van der Waals surface area contributed by atoms with Crippen LogP contribution in [0.2, 0.25) is 0 Å². The maximum atomic E-state index is 11.9. The van der Waals surface area contributed by atoms with Crippen LogP contribution in [0.3, 0.4) is 0 Å². The van der Waals surface area contributed by atoms with E-state index >= 15 is 0 Å². The number of aryl methyl sites for hydroxylation is 1. The van der Waals surface area contributed by atoms with Gasteiger partial charge in [-0.3, -0.25) is 4.72 Å². The molecule has 102 valence electrons. The summed E-state index contributed by atoms with van der Waals surface area (Å²) in [6.45, 7) is 1.70. The summed E-state index contributed by atoms with van der Waals surface area (Å²) in [5.41, 5.74) is 6.90. The second kappa shape index (κ2) is 5.22. The third-order valence-electron chi connectivity index (χ3n) is 2.28. The SMILES string of the molecule is Cc1cc(CS(=O)(=O)Nc2ccc(Br)c(N)c2)no1. The highest BCUT2D eigenvalue weighted by Crippen LogP contribution is 2.24. The van der Waals surface area contributed by atoms with Crippen molar-refractivity contribution in [2.75, 3.05) is 10.5 Å². The van der Waals surface area contributed by atoms with Gasteiger partial charge < -0.3 is 10.3 Å². The summed E-state index contributed by atoms with van der Waals surface area (Å²) in [5.74, 6) is 0.318. The van der Waals surface area contributed by atoms with Gasteiger partial charge in [0.05, 0.1) is 5.69 Å². The zero-order chi connectivity index (χ0) is 14.0. The largest absolute Gasteiger partial charge is 0.398 e. The number of halogens is 1. The minimum absolute atomic E-state index is 0.250. The molecule has 0 saturated heterocycles. The van der Waals surface area contributed by atoms with E-state index in [1.807, 2.05) is 0 Å². The van der Waals surface area contributed by atoms with E-state index in [0.717, 1.165) is 0 Å². The minimum Gasteiger partial charge on any atom is -0.398 e. The zero-order valence-corrected chi connectivity index (χ0v) is 12.5. The summed E-state index contributed by atoms with van der Waals surface area (Å²) in [7, 11) is -3.55. The van der Waals surface area contributed by atoms with Gasteiger partial charge in [0.1, 0.15) is 17.2 Å². The molecular weight excluding hydrogens is 334 g/mol. The summed E-state index contributed by atoms with van der Waals surface area (Å²) in [6.07, 6.45) is 0. The Kier molecular flexibility index (Phi) is 3.81. The highest BCUT2D eigenvalue weighted by Gasteiger charge is 2.15. The van der Waals surface area contributed by atoms with Crippen LogP contribution in [0.25, 0.3) is 0 Å². The molecule has 0 saturated carbocycles. The second-order valence-electron chi connectivity index (χ2n) is 4.03. The van der Waals surface area contributed by atoms with Crippen molar-refractivity contribution >= 4 is 37.3 Å².